The number of benzene rings is 1. The van der Waals surface area contributed by atoms with Gasteiger partial charge in [-0.05, 0) is 37.3 Å². The minimum atomic E-state index is -3.59. The van der Waals surface area contributed by atoms with Gasteiger partial charge in [0.2, 0.25) is 10.0 Å². The highest BCUT2D eigenvalue weighted by atomic mass is 32.2. The van der Waals surface area contributed by atoms with Gasteiger partial charge in [0.25, 0.3) is 0 Å². The third-order valence-corrected chi connectivity index (χ3v) is 5.32. The zero-order valence-electron chi connectivity index (χ0n) is 13.4. The van der Waals surface area contributed by atoms with Gasteiger partial charge >= 0.3 is 0 Å². The second-order valence-electron chi connectivity index (χ2n) is 6.95. The van der Waals surface area contributed by atoms with Crippen LogP contribution in [-0.2, 0) is 14.8 Å². The zero-order chi connectivity index (χ0) is 16.4. The Morgan fingerprint density at radius 3 is 2.45 bits per heavy atom. The van der Waals surface area contributed by atoms with E-state index in [0.717, 1.165) is 5.56 Å². The molecule has 1 unspecified atom stereocenters. The maximum absolute atomic E-state index is 14.7. The summed E-state index contributed by atoms with van der Waals surface area (Å²) in [7, 11) is -3.59. The normalized spacial score (nSPS) is 25.1. The van der Waals surface area contributed by atoms with Crippen molar-refractivity contribution in [2.45, 2.75) is 44.2 Å². The molecule has 2 rings (SSSR count). The monoisotopic (exact) mass is 329 g/mol. The van der Waals surface area contributed by atoms with Gasteiger partial charge < -0.3 is 4.74 Å². The van der Waals surface area contributed by atoms with Gasteiger partial charge in [0.15, 0.2) is 0 Å². The molecule has 0 aliphatic carbocycles. The molecule has 1 aliphatic rings. The second kappa shape index (κ2) is 6.26. The smallest absolute Gasteiger partial charge is 0.240 e. The third kappa shape index (κ3) is 4.51. The first-order valence-electron chi connectivity index (χ1n) is 7.45. The molecule has 1 fully saturated rings. The van der Waals surface area contributed by atoms with Crippen LogP contribution in [0.15, 0.2) is 29.2 Å². The molecule has 124 valence electrons. The van der Waals surface area contributed by atoms with Crippen molar-refractivity contribution in [1.29, 1.82) is 0 Å². The Bertz CT molecular complexity index is 613. The Labute approximate surface area is 132 Å². The topological polar surface area (TPSA) is 55.4 Å². The molecule has 6 heteroatoms. The van der Waals surface area contributed by atoms with Crippen molar-refractivity contribution in [3.8, 4) is 0 Å². The van der Waals surface area contributed by atoms with Crippen LogP contribution in [0.1, 0.15) is 32.3 Å². The number of rotatable bonds is 5. The summed E-state index contributed by atoms with van der Waals surface area (Å²) in [5.74, 6) is 0. The van der Waals surface area contributed by atoms with Crippen molar-refractivity contribution < 1.29 is 17.5 Å². The molecule has 22 heavy (non-hydrogen) atoms. The molecule has 0 saturated carbocycles. The van der Waals surface area contributed by atoms with E-state index < -0.39 is 15.7 Å². The molecule has 1 aromatic rings. The SMILES string of the molecule is Cc1ccc(S(=O)(=O)NCCC2(F)COCC(C)(C)C2)cc1. The van der Waals surface area contributed by atoms with Gasteiger partial charge in [-0.3, -0.25) is 0 Å². The van der Waals surface area contributed by atoms with Crippen LogP contribution in [0.3, 0.4) is 0 Å². The predicted octanol–water partition coefficient (Wildman–Crippen LogP) is 2.82. The Morgan fingerprint density at radius 1 is 1.23 bits per heavy atom. The number of halogens is 1. The summed E-state index contributed by atoms with van der Waals surface area (Å²) in [6.45, 7) is 6.43. The summed E-state index contributed by atoms with van der Waals surface area (Å²) >= 11 is 0. The van der Waals surface area contributed by atoms with Crippen molar-refractivity contribution >= 4 is 10.0 Å². The van der Waals surface area contributed by atoms with Crippen molar-refractivity contribution in [1.82, 2.24) is 4.72 Å². The molecular formula is C16H24FNO3S. The fourth-order valence-corrected chi connectivity index (χ4v) is 3.87. The summed E-state index contributed by atoms with van der Waals surface area (Å²) in [6.07, 6.45) is 0.494. The fraction of sp³-hybridized carbons (Fsp3) is 0.625. The van der Waals surface area contributed by atoms with Crippen LogP contribution < -0.4 is 4.72 Å². The molecule has 0 bridgehead atoms. The van der Waals surface area contributed by atoms with Crippen LogP contribution in [0.4, 0.5) is 4.39 Å². The van der Waals surface area contributed by atoms with Gasteiger partial charge in [-0.15, -0.1) is 0 Å². The summed E-state index contributed by atoms with van der Waals surface area (Å²) in [5.41, 5.74) is -0.705. The van der Waals surface area contributed by atoms with E-state index in [-0.39, 0.29) is 29.9 Å². The summed E-state index contributed by atoms with van der Waals surface area (Å²) < 4.78 is 46.8. The lowest BCUT2D eigenvalue weighted by Gasteiger charge is -2.39. The zero-order valence-corrected chi connectivity index (χ0v) is 14.2. The molecule has 1 aliphatic heterocycles. The Hall–Kier alpha value is -0.980. The lowest BCUT2D eigenvalue weighted by molar-refractivity contribution is -0.0937. The van der Waals surface area contributed by atoms with Crippen LogP contribution >= 0.6 is 0 Å². The summed E-state index contributed by atoms with van der Waals surface area (Å²) in [5, 5.41) is 0. The molecule has 0 amide bonds. The van der Waals surface area contributed by atoms with Crippen LogP contribution in [-0.4, -0.2) is 33.8 Å². The molecule has 0 aromatic heterocycles. The maximum Gasteiger partial charge on any atom is 0.240 e. The van der Waals surface area contributed by atoms with Crippen molar-refractivity contribution in [3.05, 3.63) is 29.8 Å². The van der Waals surface area contributed by atoms with E-state index in [9.17, 15) is 12.8 Å². The Balaban J connectivity index is 1.94. The average Bonchev–Trinajstić information content (AvgIpc) is 2.37. The fourth-order valence-electron chi connectivity index (χ4n) is 2.84. The molecule has 0 spiro atoms. The van der Waals surface area contributed by atoms with E-state index in [1.54, 1.807) is 24.3 Å². The molecule has 1 aromatic carbocycles. The highest BCUT2D eigenvalue weighted by Crippen LogP contribution is 2.37. The standard InChI is InChI=1S/C16H24FNO3S/c1-13-4-6-14(7-5-13)22(19,20)18-9-8-16(17)10-15(2,3)11-21-12-16/h4-7,18H,8-12H2,1-3H3. The Morgan fingerprint density at radius 2 is 1.86 bits per heavy atom. The number of ether oxygens (including phenoxy) is 1. The van der Waals surface area contributed by atoms with Crippen molar-refractivity contribution in [2.24, 2.45) is 5.41 Å². The highest BCUT2D eigenvalue weighted by molar-refractivity contribution is 7.89. The largest absolute Gasteiger partial charge is 0.378 e. The van der Waals surface area contributed by atoms with E-state index in [4.69, 9.17) is 4.74 Å². The van der Waals surface area contributed by atoms with Crippen LogP contribution in [0.25, 0.3) is 0 Å². The van der Waals surface area contributed by atoms with E-state index in [1.165, 1.54) is 0 Å². The minimum absolute atomic E-state index is 0.0304. The van der Waals surface area contributed by atoms with Crippen LogP contribution in [0.2, 0.25) is 0 Å². The first-order valence-corrected chi connectivity index (χ1v) is 8.93. The van der Waals surface area contributed by atoms with Gasteiger partial charge in [0, 0.05) is 6.54 Å². The van der Waals surface area contributed by atoms with Crippen LogP contribution in [0.5, 0.6) is 0 Å². The molecule has 1 N–H and O–H groups in total. The van der Waals surface area contributed by atoms with E-state index in [1.807, 2.05) is 20.8 Å². The molecule has 1 atom stereocenters. The second-order valence-corrected chi connectivity index (χ2v) is 8.71. The number of sulfonamides is 1. The lowest BCUT2D eigenvalue weighted by atomic mass is 9.79. The number of aryl methyl sites for hydroxylation is 1. The number of hydrogen-bond donors (Lipinski definition) is 1. The molecule has 1 saturated heterocycles. The van der Waals surface area contributed by atoms with E-state index in [0.29, 0.717) is 13.0 Å². The summed E-state index contributed by atoms with van der Waals surface area (Å²) in [4.78, 5) is 0.200. The number of nitrogens with one attached hydrogen (secondary N) is 1. The van der Waals surface area contributed by atoms with Crippen LogP contribution in [0, 0.1) is 12.3 Å². The van der Waals surface area contributed by atoms with E-state index >= 15 is 0 Å². The molecule has 1 heterocycles. The number of hydrogen-bond acceptors (Lipinski definition) is 3. The molecule has 4 nitrogen and oxygen atoms in total. The molecular weight excluding hydrogens is 305 g/mol. The van der Waals surface area contributed by atoms with E-state index in [2.05, 4.69) is 4.72 Å². The first-order chi connectivity index (χ1) is 10.1. The summed E-state index contributed by atoms with van der Waals surface area (Å²) in [6, 6.07) is 6.58. The molecule has 0 radical (unpaired) electrons. The van der Waals surface area contributed by atoms with Gasteiger partial charge in [-0.25, -0.2) is 17.5 Å². The first kappa shape index (κ1) is 17.4. The van der Waals surface area contributed by atoms with Crippen molar-refractivity contribution in [2.75, 3.05) is 19.8 Å². The lowest BCUT2D eigenvalue weighted by Crippen LogP contribution is -2.45. The Kier molecular flexibility index (Phi) is 4.94. The minimum Gasteiger partial charge on any atom is -0.378 e. The van der Waals surface area contributed by atoms with Gasteiger partial charge in [-0.2, -0.15) is 0 Å². The third-order valence-electron chi connectivity index (χ3n) is 3.85. The number of alkyl halides is 1. The van der Waals surface area contributed by atoms with Gasteiger partial charge in [0.1, 0.15) is 5.67 Å². The predicted molar refractivity (Wildman–Crippen MR) is 84.0 cm³/mol. The van der Waals surface area contributed by atoms with Gasteiger partial charge in [-0.1, -0.05) is 31.5 Å². The maximum atomic E-state index is 14.7. The average molecular weight is 329 g/mol. The quantitative estimate of drug-likeness (QED) is 0.904. The highest BCUT2D eigenvalue weighted by Gasteiger charge is 2.41. The van der Waals surface area contributed by atoms with Gasteiger partial charge in [0.05, 0.1) is 18.1 Å². The van der Waals surface area contributed by atoms with Crippen molar-refractivity contribution in [3.63, 3.8) is 0 Å².